The number of furan rings is 1. The van der Waals surface area contributed by atoms with Gasteiger partial charge in [0.25, 0.3) is 0 Å². The van der Waals surface area contributed by atoms with Gasteiger partial charge >= 0.3 is 5.97 Å². The minimum Gasteiger partial charge on any atom is -0.478 e. The molecule has 114 valence electrons. The first kappa shape index (κ1) is 16.9. The van der Waals surface area contributed by atoms with Gasteiger partial charge in [-0.3, -0.25) is 4.21 Å². The van der Waals surface area contributed by atoms with Crippen LogP contribution in [0.4, 0.5) is 0 Å². The van der Waals surface area contributed by atoms with E-state index in [4.69, 9.17) is 9.52 Å². The highest BCUT2D eigenvalue weighted by atomic mass is 32.2. The summed E-state index contributed by atoms with van der Waals surface area (Å²) in [5, 5.41) is 9.07. The number of carbonyl (C=O) groups is 1. The summed E-state index contributed by atoms with van der Waals surface area (Å²) in [6, 6.07) is 0. The second-order valence-electron chi connectivity index (χ2n) is 4.05. The van der Waals surface area contributed by atoms with Crippen molar-refractivity contribution in [3.63, 3.8) is 0 Å². The van der Waals surface area contributed by atoms with Crippen molar-refractivity contribution in [2.75, 3.05) is 18.1 Å². The molecule has 2 N–H and O–H groups in total. The first-order chi connectivity index (χ1) is 9.20. The van der Waals surface area contributed by atoms with Crippen molar-refractivity contribution in [2.45, 2.75) is 25.7 Å². The van der Waals surface area contributed by atoms with Gasteiger partial charge in [0.15, 0.2) is 0 Å². The maximum absolute atomic E-state index is 12.1. The molecule has 1 rings (SSSR count). The fourth-order valence-corrected chi connectivity index (χ4v) is 3.92. The summed E-state index contributed by atoms with van der Waals surface area (Å²) in [4.78, 5) is 10.8. The van der Waals surface area contributed by atoms with Crippen molar-refractivity contribution in [1.29, 1.82) is 0 Å². The molecule has 0 aliphatic rings. The normalized spacial score (nSPS) is 13.3. The Kier molecular flexibility index (Phi) is 5.49. The maximum Gasteiger partial charge on any atom is 0.340 e. The Balaban J connectivity index is 3.04. The number of hydrogen-bond donors (Lipinski definition) is 2. The standard InChI is InChI=1S/C11H17NO6S2/c1-4-19(15)6-5-12-20(16,17)10-8(3)18-7(2)9(10)11(13)14/h12H,4-6H2,1-3H3,(H,13,14). The lowest BCUT2D eigenvalue weighted by Crippen LogP contribution is -2.29. The Hall–Kier alpha value is -1.19. The van der Waals surface area contributed by atoms with Gasteiger partial charge in [-0.15, -0.1) is 0 Å². The summed E-state index contributed by atoms with van der Waals surface area (Å²) < 4.78 is 42.8. The number of nitrogens with one attached hydrogen (secondary N) is 1. The molecule has 1 atom stereocenters. The van der Waals surface area contributed by atoms with Gasteiger partial charge in [0.2, 0.25) is 10.0 Å². The smallest absolute Gasteiger partial charge is 0.340 e. The third-order valence-electron chi connectivity index (χ3n) is 2.63. The van der Waals surface area contributed by atoms with E-state index in [0.717, 1.165) is 0 Å². The van der Waals surface area contributed by atoms with Crippen molar-refractivity contribution in [3.05, 3.63) is 17.1 Å². The molecule has 0 radical (unpaired) electrons. The zero-order valence-electron chi connectivity index (χ0n) is 11.4. The van der Waals surface area contributed by atoms with E-state index in [2.05, 4.69) is 4.72 Å². The van der Waals surface area contributed by atoms with Crippen LogP contribution >= 0.6 is 0 Å². The Morgan fingerprint density at radius 1 is 1.35 bits per heavy atom. The maximum atomic E-state index is 12.1. The third-order valence-corrected chi connectivity index (χ3v) is 5.55. The molecule has 1 aromatic heterocycles. The lowest BCUT2D eigenvalue weighted by Gasteiger charge is -2.06. The van der Waals surface area contributed by atoms with E-state index in [9.17, 15) is 17.4 Å². The molecular weight excluding hydrogens is 306 g/mol. The van der Waals surface area contributed by atoms with E-state index in [0.29, 0.717) is 5.75 Å². The molecule has 1 heterocycles. The minimum absolute atomic E-state index is 0.0176. The van der Waals surface area contributed by atoms with Gasteiger partial charge in [0.1, 0.15) is 22.0 Å². The monoisotopic (exact) mass is 323 g/mol. The van der Waals surface area contributed by atoms with Crippen molar-refractivity contribution in [2.24, 2.45) is 0 Å². The summed E-state index contributed by atoms with van der Waals surface area (Å²) in [6.45, 7) is 4.49. The van der Waals surface area contributed by atoms with Crippen LogP contribution in [0.3, 0.4) is 0 Å². The molecule has 0 aliphatic heterocycles. The second kappa shape index (κ2) is 6.51. The molecule has 0 aliphatic carbocycles. The average Bonchev–Trinajstić information content (AvgIpc) is 2.64. The van der Waals surface area contributed by atoms with Crippen LogP contribution in [0.2, 0.25) is 0 Å². The minimum atomic E-state index is -4.01. The molecule has 9 heteroatoms. The quantitative estimate of drug-likeness (QED) is 0.761. The van der Waals surface area contributed by atoms with Crippen molar-refractivity contribution in [1.82, 2.24) is 4.72 Å². The molecule has 7 nitrogen and oxygen atoms in total. The number of hydrogen-bond acceptors (Lipinski definition) is 5. The number of aryl methyl sites for hydroxylation is 2. The highest BCUT2D eigenvalue weighted by Crippen LogP contribution is 2.26. The van der Waals surface area contributed by atoms with Crippen molar-refractivity contribution < 1.29 is 26.9 Å². The van der Waals surface area contributed by atoms with E-state index in [1.54, 1.807) is 6.92 Å². The van der Waals surface area contributed by atoms with Crippen LogP contribution in [0.25, 0.3) is 0 Å². The van der Waals surface area contributed by atoms with Gasteiger partial charge in [-0.05, 0) is 13.8 Å². The number of rotatable bonds is 7. The molecule has 0 saturated carbocycles. The third kappa shape index (κ3) is 3.68. The molecule has 0 saturated heterocycles. The van der Waals surface area contributed by atoms with Crippen LogP contribution in [0.5, 0.6) is 0 Å². The zero-order valence-corrected chi connectivity index (χ0v) is 13.1. The van der Waals surface area contributed by atoms with Crippen LogP contribution in [0, 0.1) is 13.8 Å². The van der Waals surface area contributed by atoms with E-state index >= 15 is 0 Å². The molecule has 0 aromatic carbocycles. The summed E-state index contributed by atoms with van der Waals surface area (Å²) in [7, 11) is -5.11. The van der Waals surface area contributed by atoms with Gasteiger partial charge in [0, 0.05) is 28.9 Å². The highest BCUT2D eigenvalue weighted by Gasteiger charge is 2.30. The Morgan fingerprint density at radius 2 is 1.95 bits per heavy atom. The predicted octanol–water partition coefficient (Wildman–Crippen LogP) is 0.642. The Morgan fingerprint density at radius 3 is 2.45 bits per heavy atom. The molecule has 0 fully saturated rings. The van der Waals surface area contributed by atoms with E-state index < -0.39 is 26.8 Å². The van der Waals surface area contributed by atoms with Crippen LogP contribution in [-0.2, 0) is 20.8 Å². The number of carboxylic acids is 1. The number of aromatic carboxylic acids is 1. The Labute approximate surface area is 119 Å². The van der Waals surface area contributed by atoms with Crippen molar-refractivity contribution >= 4 is 26.8 Å². The summed E-state index contributed by atoms with van der Waals surface area (Å²) >= 11 is 0. The molecule has 0 bridgehead atoms. The number of carboxylic acid groups (broad SMARTS) is 1. The predicted molar refractivity (Wildman–Crippen MR) is 73.9 cm³/mol. The molecule has 20 heavy (non-hydrogen) atoms. The molecule has 0 spiro atoms. The Bertz CT molecular complexity index is 632. The first-order valence-electron chi connectivity index (χ1n) is 5.88. The van der Waals surface area contributed by atoms with Gasteiger partial charge < -0.3 is 9.52 Å². The SMILES string of the molecule is CCS(=O)CCNS(=O)(=O)c1c(C)oc(C)c1C(=O)O. The van der Waals surface area contributed by atoms with E-state index in [-0.39, 0.29) is 34.3 Å². The van der Waals surface area contributed by atoms with Gasteiger partial charge in [-0.2, -0.15) is 0 Å². The number of sulfonamides is 1. The zero-order chi connectivity index (χ0) is 15.5. The highest BCUT2D eigenvalue weighted by molar-refractivity contribution is 7.89. The second-order valence-corrected chi connectivity index (χ2v) is 7.62. The largest absolute Gasteiger partial charge is 0.478 e. The van der Waals surface area contributed by atoms with Crippen LogP contribution in [-0.4, -0.2) is 41.8 Å². The molecular formula is C11H17NO6S2. The van der Waals surface area contributed by atoms with Crippen LogP contribution < -0.4 is 4.72 Å². The first-order valence-corrected chi connectivity index (χ1v) is 8.85. The molecule has 0 amide bonds. The fourth-order valence-electron chi connectivity index (χ4n) is 1.74. The van der Waals surface area contributed by atoms with Crippen LogP contribution in [0.1, 0.15) is 28.8 Å². The fraction of sp³-hybridized carbons (Fsp3) is 0.545. The van der Waals surface area contributed by atoms with Gasteiger partial charge in [-0.1, -0.05) is 6.92 Å². The average molecular weight is 323 g/mol. The van der Waals surface area contributed by atoms with Crippen LogP contribution in [0.15, 0.2) is 9.31 Å². The lowest BCUT2D eigenvalue weighted by molar-refractivity contribution is 0.0691. The summed E-state index contributed by atoms with van der Waals surface area (Å²) in [5.41, 5.74) is -0.369. The van der Waals surface area contributed by atoms with E-state index in [1.807, 2.05) is 0 Å². The summed E-state index contributed by atoms with van der Waals surface area (Å²) in [5.74, 6) is -0.701. The van der Waals surface area contributed by atoms with Gasteiger partial charge in [0.05, 0.1) is 0 Å². The summed E-state index contributed by atoms with van der Waals surface area (Å²) in [6.07, 6.45) is 0. The van der Waals surface area contributed by atoms with Crippen molar-refractivity contribution in [3.8, 4) is 0 Å². The topological polar surface area (TPSA) is 114 Å². The van der Waals surface area contributed by atoms with E-state index in [1.165, 1.54) is 13.8 Å². The van der Waals surface area contributed by atoms with Gasteiger partial charge in [-0.25, -0.2) is 17.9 Å². The molecule has 1 aromatic rings. The molecule has 1 unspecified atom stereocenters. The lowest BCUT2D eigenvalue weighted by atomic mass is 10.2.